The second kappa shape index (κ2) is 11.2. The average molecular weight is 416 g/mol. The lowest BCUT2D eigenvalue weighted by molar-refractivity contribution is 0.239. The van der Waals surface area contributed by atoms with Crippen LogP contribution in [0.15, 0.2) is 35.5 Å². The van der Waals surface area contributed by atoms with Gasteiger partial charge in [-0.3, -0.25) is 9.89 Å². The van der Waals surface area contributed by atoms with Gasteiger partial charge in [0.05, 0.1) is 18.2 Å². The van der Waals surface area contributed by atoms with Crippen molar-refractivity contribution in [3.63, 3.8) is 0 Å². The van der Waals surface area contributed by atoms with Gasteiger partial charge in [0, 0.05) is 43.2 Å². The molecule has 29 heavy (non-hydrogen) atoms. The van der Waals surface area contributed by atoms with E-state index < -0.39 is 0 Å². The third-order valence-electron chi connectivity index (χ3n) is 5.35. The number of rotatable bonds is 9. The number of para-hydroxylation sites is 1. The van der Waals surface area contributed by atoms with Crippen LogP contribution in [-0.2, 0) is 12.8 Å². The number of aromatic nitrogens is 1. The van der Waals surface area contributed by atoms with E-state index in [0.29, 0.717) is 0 Å². The fraction of sp³-hybridized carbons (Fsp3) is 0.545. The zero-order valence-electron chi connectivity index (χ0n) is 17.8. The highest BCUT2D eigenvalue weighted by Crippen LogP contribution is 2.31. The molecule has 1 aromatic heterocycles. The number of methoxy groups -OCH3 is 1. The molecular formula is C22H33N5OS. The second-order valence-electron chi connectivity index (χ2n) is 7.20. The fourth-order valence-electron chi connectivity index (χ4n) is 3.76. The fourth-order valence-corrected chi connectivity index (χ4v) is 4.62. The van der Waals surface area contributed by atoms with Crippen LogP contribution >= 0.6 is 11.3 Å². The van der Waals surface area contributed by atoms with Crippen molar-refractivity contribution in [1.29, 1.82) is 0 Å². The monoisotopic (exact) mass is 415 g/mol. The van der Waals surface area contributed by atoms with Crippen LogP contribution in [-0.4, -0.2) is 56.2 Å². The summed E-state index contributed by atoms with van der Waals surface area (Å²) in [7, 11) is 3.57. The molecule has 6 nitrogen and oxygen atoms in total. The molecule has 2 aromatic rings. The molecule has 1 aliphatic rings. The van der Waals surface area contributed by atoms with Gasteiger partial charge in [-0.05, 0) is 38.4 Å². The standard InChI is InChI=1S/C22H33N5OS/c1-4-17-15-25-21(29-17)11-12-24-22(23-2)26-16-19(27-13-7-8-14-27)18-9-5-6-10-20(18)28-3/h5-6,9-10,15,19H,4,7-8,11-14,16H2,1-3H3,(H2,23,24,26). The molecule has 0 radical (unpaired) electrons. The van der Waals surface area contributed by atoms with Crippen molar-refractivity contribution >= 4 is 17.3 Å². The van der Waals surface area contributed by atoms with Crippen molar-refractivity contribution in [2.24, 2.45) is 4.99 Å². The predicted molar refractivity (Wildman–Crippen MR) is 121 cm³/mol. The SMILES string of the molecule is CCc1cnc(CCNC(=NC)NCC(c2ccccc2OC)N2CCCC2)s1. The van der Waals surface area contributed by atoms with Gasteiger partial charge in [-0.15, -0.1) is 11.3 Å². The lowest BCUT2D eigenvalue weighted by atomic mass is 10.0. The normalized spacial score (nSPS) is 16.0. The van der Waals surface area contributed by atoms with Crippen LogP contribution in [0.2, 0.25) is 0 Å². The van der Waals surface area contributed by atoms with Crippen LogP contribution in [0, 0.1) is 0 Å². The molecule has 1 atom stereocenters. The third kappa shape index (κ3) is 5.93. The molecule has 0 bridgehead atoms. The molecule has 3 rings (SSSR count). The Kier molecular flexibility index (Phi) is 8.31. The van der Waals surface area contributed by atoms with Gasteiger partial charge in [0.2, 0.25) is 0 Å². The van der Waals surface area contributed by atoms with E-state index in [4.69, 9.17) is 4.74 Å². The quantitative estimate of drug-likeness (QED) is 0.486. The molecule has 1 saturated heterocycles. The van der Waals surface area contributed by atoms with Gasteiger partial charge in [0.25, 0.3) is 0 Å². The molecule has 1 aliphatic heterocycles. The topological polar surface area (TPSA) is 61.8 Å². The number of thiazole rings is 1. The molecule has 2 heterocycles. The maximum Gasteiger partial charge on any atom is 0.191 e. The Morgan fingerprint density at radius 3 is 2.76 bits per heavy atom. The highest BCUT2D eigenvalue weighted by molar-refractivity contribution is 7.11. The van der Waals surface area contributed by atoms with Crippen molar-refractivity contribution in [3.05, 3.63) is 45.9 Å². The number of aryl methyl sites for hydroxylation is 1. The summed E-state index contributed by atoms with van der Waals surface area (Å²) in [5.41, 5.74) is 1.23. The smallest absolute Gasteiger partial charge is 0.191 e. The Morgan fingerprint density at radius 1 is 1.28 bits per heavy atom. The Labute approximate surface area is 178 Å². The van der Waals surface area contributed by atoms with Gasteiger partial charge in [-0.2, -0.15) is 0 Å². The molecule has 158 valence electrons. The van der Waals surface area contributed by atoms with E-state index in [2.05, 4.69) is 44.6 Å². The van der Waals surface area contributed by atoms with Crippen molar-refractivity contribution in [2.45, 2.75) is 38.6 Å². The van der Waals surface area contributed by atoms with Gasteiger partial charge in [0.1, 0.15) is 5.75 Å². The van der Waals surface area contributed by atoms with E-state index in [-0.39, 0.29) is 6.04 Å². The molecule has 7 heteroatoms. The number of likely N-dealkylation sites (tertiary alicyclic amines) is 1. The summed E-state index contributed by atoms with van der Waals surface area (Å²) in [6, 6.07) is 8.60. The lowest BCUT2D eigenvalue weighted by Crippen LogP contribution is -2.43. The number of benzene rings is 1. The zero-order valence-corrected chi connectivity index (χ0v) is 18.6. The van der Waals surface area contributed by atoms with Gasteiger partial charge in [-0.1, -0.05) is 25.1 Å². The first-order chi connectivity index (χ1) is 14.2. The van der Waals surface area contributed by atoms with E-state index in [0.717, 1.165) is 50.7 Å². The second-order valence-corrected chi connectivity index (χ2v) is 8.40. The van der Waals surface area contributed by atoms with E-state index in [1.54, 1.807) is 18.4 Å². The number of nitrogens with zero attached hydrogens (tertiary/aromatic N) is 3. The van der Waals surface area contributed by atoms with E-state index in [1.165, 1.54) is 28.3 Å². The molecule has 2 N–H and O–H groups in total. The van der Waals surface area contributed by atoms with Crippen LogP contribution < -0.4 is 15.4 Å². The first-order valence-electron chi connectivity index (χ1n) is 10.5. The van der Waals surface area contributed by atoms with Crippen LogP contribution in [0.1, 0.15) is 41.3 Å². The number of hydrogen-bond donors (Lipinski definition) is 2. The molecule has 1 fully saturated rings. The number of nitrogens with one attached hydrogen (secondary N) is 2. The van der Waals surface area contributed by atoms with Crippen molar-refractivity contribution in [1.82, 2.24) is 20.5 Å². The maximum atomic E-state index is 5.64. The van der Waals surface area contributed by atoms with Gasteiger partial charge < -0.3 is 15.4 Å². The Bertz CT molecular complexity index is 785. The summed E-state index contributed by atoms with van der Waals surface area (Å²) in [6.45, 7) is 6.02. The molecule has 1 unspecified atom stereocenters. The average Bonchev–Trinajstić information content (AvgIpc) is 3.45. The molecule has 0 aliphatic carbocycles. The number of guanidine groups is 1. The Balaban J connectivity index is 1.58. The summed E-state index contributed by atoms with van der Waals surface area (Å²) in [5.74, 6) is 1.78. The zero-order chi connectivity index (χ0) is 20.5. The van der Waals surface area contributed by atoms with Gasteiger partial charge in [-0.25, -0.2) is 4.98 Å². The van der Waals surface area contributed by atoms with Crippen molar-refractivity contribution < 1.29 is 4.74 Å². The van der Waals surface area contributed by atoms with E-state index in [1.807, 2.05) is 25.4 Å². The Morgan fingerprint density at radius 2 is 2.07 bits per heavy atom. The molecule has 1 aromatic carbocycles. The van der Waals surface area contributed by atoms with E-state index >= 15 is 0 Å². The van der Waals surface area contributed by atoms with Crippen molar-refractivity contribution in [3.8, 4) is 5.75 Å². The minimum Gasteiger partial charge on any atom is -0.496 e. The molecule has 0 amide bonds. The first kappa shape index (κ1) is 21.6. The summed E-state index contributed by atoms with van der Waals surface area (Å²) in [6.07, 6.45) is 6.46. The largest absolute Gasteiger partial charge is 0.496 e. The highest BCUT2D eigenvalue weighted by atomic mass is 32.1. The number of aliphatic imine (C=N–C) groups is 1. The maximum absolute atomic E-state index is 5.64. The minimum absolute atomic E-state index is 0.262. The number of ether oxygens (including phenoxy) is 1. The summed E-state index contributed by atoms with van der Waals surface area (Å²) in [4.78, 5) is 12.8. The highest BCUT2D eigenvalue weighted by Gasteiger charge is 2.26. The number of hydrogen-bond acceptors (Lipinski definition) is 5. The third-order valence-corrected chi connectivity index (χ3v) is 6.55. The lowest BCUT2D eigenvalue weighted by Gasteiger charge is -2.30. The van der Waals surface area contributed by atoms with Gasteiger partial charge >= 0.3 is 0 Å². The summed E-state index contributed by atoms with van der Waals surface area (Å²) in [5, 5.41) is 8.13. The first-order valence-corrected chi connectivity index (χ1v) is 11.3. The minimum atomic E-state index is 0.262. The molecular weight excluding hydrogens is 382 g/mol. The van der Waals surface area contributed by atoms with Crippen LogP contribution in [0.4, 0.5) is 0 Å². The summed E-state index contributed by atoms with van der Waals surface area (Å²) >= 11 is 1.80. The van der Waals surface area contributed by atoms with Crippen LogP contribution in [0.5, 0.6) is 5.75 Å². The van der Waals surface area contributed by atoms with Gasteiger partial charge in [0.15, 0.2) is 5.96 Å². The summed E-state index contributed by atoms with van der Waals surface area (Å²) < 4.78 is 5.64. The predicted octanol–water partition coefficient (Wildman–Crippen LogP) is 3.26. The molecule has 0 saturated carbocycles. The molecule has 0 spiro atoms. The Hall–Kier alpha value is -2.12. The van der Waals surface area contributed by atoms with E-state index in [9.17, 15) is 0 Å². The van der Waals surface area contributed by atoms with Crippen molar-refractivity contribution in [2.75, 3.05) is 40.3 Å². The van der Waals surface area contributed by atoms with Crippen LogP contribution in [0.3, 0.4) is 0 Å². The van der Waals surface area contributed by atoms with Crippen LogP contribution in [0.25, 0.3) is 0 Å².